The maximum atomic E-state index is 2.59. The summed E-state index contributed by atoms with van der Waals surface area (Å²) in [5.74, 6) is 0. The van der Waals surface area contributed by atoms with Gasteiger partial charge in [-0.15, -0.1) is 0 Å². The van der Waals surface area contributed by atoms with Gasteiger partial charge in [-0.3, -0.25) is 0 Å². The Labute approximate surface area is 86.3 Å². The molecule has 2 fully saturated rings. The Morgan fingerprint density at radius 3 is 2.38 bits per heavy atom. The number of thioether (sulfide) groups is 1. The van der Waals surface area contributed by atoms with Crippen LogP contribution in [0, 0.1) is 5.41 Å². The molecule has 0 aromatic carbocycles. The van der Waals surface area contributed by atoms with Crippen molar-refractivity contribution in [2.75, 3.05) is 25.9 Å². The zero-order chi connectivity index (χ0) is 9.31. The monoisotopic (exact) mass is 199 g/mol. The molecule has 0 unspecified atom stereocenters. The van der Waals surface area contributed by atoms with E-state index in [0.717, 1.165) is 10.7 Å². The maximum absolute atomic E-state index is 2.59. The van der Waals surface area contributed by atoms with Crippen molar-refractivity contribution in [3.63, 3.8) is 0 Å². The van der Waals surface area contributed by atoms with Crippen LogP contribution in [0.2, 0.25) is 0 Å². The highest BCUT2D eigenvalue weighted by molar-refractivity contribution is 7.99. The molecule has 0 bridgehead atoms. The van der Waals surface area contributed by atoms with Crippen molar-refractivity contribution in [1.29, 1.82) is 0 Å². The Hall–Kier alpha value is 0.310. The SMILES string of the molecule is CCN1CCC2(CC1)CC(SC)C2. The van der Waals surface area contributed by atoms with Crippen molar-refractivity contribution in [3.05, 3.63) is 0 Å². The van der Waals surface area contributed by atoms with Crippen molar-refractivity contribution in [2.45, 2.75) is 37.9 Å². The quantitative estimate of drug-likeness (QED) is 0.672. The molecule has 76 valence electrons. The van der Waals surface area contributed by atoms with Crippen molar-refractivity contribution >= 4 is 11.8 Å². The lowest BCUT2D eigenvalue weighted by Crippen LogP contribution is -2.48. The highest BCUT2D eigenvalue weighted by Gasteiger charge is 2.44. The van der Waals surface area contributed by atoms with E-state index in [4.69, 9.17) is 0 Å². The highest BCUT2D eigenvalue weighted by Crippen LogP contribution is 2.52. The third kappa shape index (κ3) is 1.89. The third-order valence-corrected chi connectivity index (χ3v) is 5.02. The molecule has 1 aliphatic heterocycles. The minimum Gasteiger partial charge on any atom is -0.304 e. The zero-order valence-electron chi connectivity index (χ0n) is 8.88. The average molecular weight is 199 g/mol. The van der Waals surface area contributed by atoms with Gasteiger partial charge >= 0.3 is 0 Å². The first-order chi connectivity index (χ1) is 6.28. The molecule has 2 rings (SSSR count). The zero-order valence-corrected chi connectivity index (χ0v) is 9.70. The van der Waals surface area contributed by atoms with E-state index in [-0.39, 0.29) is 0 Å². The van der Waals surface area contributed by atoms with Crippen LogP contribution in [0.1, 0.15) is 32.6 Å². The third-order valence-electron chi connectivity index (χ3n) is 4.02. The molecule has 2 heteroatoms. The van der Waals surface area contributed by atoms with Gasteiger partial charge in [0.1, 0.15) is 0 Å². The molecule has 0 amide bonds. The van der Waals surface area contributed by atoms with Gasteiger partial charge in [-0.25, -0.2) is 0 Å². The molecule has 0 N–H and O–H groups in total. The Morgan fingerprint density at radius 1 is 1.31 bits per heavy atom. The number of hydrogen-bond donors (Lipinski definition) is 0. The number of piperidine rings is 1. The maximum Gasteiger partial charge on any atom is 0.00548 e. The van der Waals surface area contributed by atoms with Crippen LogP contribution in [0.15, 0.2) is 0 Å². The van der Waals surface area contributed by atoms with E-state index in [1.54, 1.807) is 0 Å². The Kier molecular flexibility index (Phi) is 2.89. The fourth-order valence-corrected chi connectivity index (χ4v) is 3.87. The molecule has 2 aliphatic rings. The molecule has 1 aliphatic carbocycles. The van der Waals surface area contributed by atoms with Crippen molar-refractivity contribution in [1.82, 2.24) is 4.90 Å². The van der Waals surface area contributed by atoms with Crippen LogP contribution < -0.4 is 0 Å². The van der Waals surface area contributed by atoms with E-state index in [1.807, 2.05) is 0 Å². The summed E-state index contributed by atoms with van der Waals surface area (Å²) in [6.45, 7) is 6.25. The Morgan fingerprint density at radius 2 is 1.92 bits per heavy atom. The number of rotatable bonds is 2. The lowest BCUT2D eigenvalue weighted by molar-refractivity contribution is 0.0411. The van der Waals surface area contributed by atoms with Gasteiger partial charge in [-0.1, -0.05) is 6.92 Å². The first-order valence-corrected chi connectivity index (χ1v) is 6.82. The van der Waals surface area contributed by atoms with Gasteiger partial charge in [-0.2, -0.15) is 11.8 Å². The summed E-state index contributed by atoms with van der Waals surface area (Å²) in [6, 6.07) is 0. The van der Waals surface area contributed by atoms with Gasteiger partial charge in [0.25, 0.3) is 0 Å². The van der Waals surface area contributed by atoms with E-state index in [2.05, 4.69) is 29.8 Å². The molecule has 0 aromatic rings. The summed E-state index contributed by atoms with van der Waals surface area (Å²) in [5, 5.41) is 0.994. The molecular formula is C11H21NS. The van der Waals surface area contributed by atoms with Gasteiger partial charge in [0.15, 0.2) is 0 Å². The number of hydrogen-bond acceptors (Lipinski definition) is 2. The van der Waals surface area contributed by atoms with Gasteiger partial charge in [-0.05, 0) is 57.0 Å². The highest BCUT2D eigenvalue weighted by atomic mass is 32.2. The normalized spacial score (nSPS) is 29.1. The molecule has 1 saturated heterocycles. The van der Waals surface area contributed by atoms with Crippen molar-refractivity contribution in [3.8, 4) is 0 Å². The van der Waals surface area contributed by atoms with Crippen LogP contribution in [-0.4, -0.2) is 36.0 Å². The largest absolute Gasteiger partial charge is 0.304 e. The second-order valence-electron chi connectivity index (χ2n) is 4.70. The van der Waals surface area contributed by atoms with E-state index < -0.39 is 0 Å². The summed E-state index contributed by atoms with van der Waals surface area (Å²) < 4.78 is 0. The molecule has 0 aromatic heterocycles. The van der Waals surface area contributed by atoms with Crippen LogP contribution >= 0.6 is 11.8 Å². The molecule has 1 spiro atoms. The molecule has 0 atom stereocenters. The first kappa shape index (κ1) is 9.85. The fourth-order valence-electron chi connectivity index (χ4n) is 2.82. The van der Waals surface area contributed by atoms with E-state index >= 15 is 0 Å². The van der Waals surface area contributed by atoms with Crippen LogP contribution in [0.5, 0.6) is 0 Å². The lowest BCUT2D eigenvalue weighted by Gasteiger charge is -2.51. The van der Waals surface area contributed by atoms with Crippen LogP contribution in [0.25, 0.3) is 0 Å². The van der Waals surface area contributed by atoms with E-state index in [0.29, 0.717) is 0 Å². The molecular weight excluding hydrogens is 178 g/mol. The lowest BCUT2D eigenvalue weighted by atomic mass is 9.63. The molecule has 1 saturated carbocycles. The van der Waals surface area contributed by atoms with Crippen LogP contribution in [-0.2, 0) is 0 Å². The second kappa shape index (κ2) is 3.82. The van der Waals surface area contributed by atoms with Crippen LogP contribution in [0.3, 0.4) is 0 Å². The van der Waals surface area contributed by atoms with Gasteiger partial charge in [0.05, 0.1) is 0 Å². The summed E-state index contributed by atoms with van der Waals surface area (Å²) in [4.78, 5) is 2.59. The van der Waals surface area contributed by atoms with Crippen LogP contribution in [0.4, 0.5) is 0 Å². The molecule has 1 nitrogen and oxygen atoms in total. The predicted molar refractivity (Wildman–Crippen MR) is 60.3 cm³/mol. The van der Waals surface area contributed by atoms with Crippen molar-refractivity contribution < 1.29 is 0 Å². The van der Waals surface area contributed by atoms with Gasteiger partial charge in [0, 0.05) is 5.25 Å². The van der Waals surface area contributed by atoms with Gasteiger partial charge < -0.3 is 4.90 Å². The first-order valence-electron chi connectivity index (χ1n) is 5.53. The minimum atomic E-state index is 0.791. The summed E-state index contributed by atoms with van der Waals surface area (Å²) in [6.07, 6.45) is 8.21. The topological polar surface area (TPSA) is 3.24 Å². The molecule has 1 heterocycles. The summed E-state index contributed by atoms with van der Waals surface area (Å²) in [5.41, 5.74) is 0.791. The smallest absolute Gasteiger partial charge is 0.00548 e. The Balaban J connectivity index is 1.79. The minimum absolute atomic E-state index is 0.791. The fraction of sp³-hybridized carbons (Fsp3) is 1.00. The second-order valence-corrected chi connectivity index (χ2v) is 5.84. The van der Waals surface area contributed by atoms with E-state index in [1.165, 1.54) is 45.3 Å². The Bertz CT molecular complexity index is 165. The average Bonchev–Trinajstić information content (AvgIpc) is 2.14. The molecule has 0 radical (unpaired) electrons. The van der Waals surface area contributed by atoms with E-state index in [9.17, 15) is 0 Å². The molecule has 13 heavy (non-hydrogen) atoms. The van der Waals surface area contributed by atoms with Crippen molar-refractivity contribution in [2.24, 2.45) is 5.41 Å². The standard InChI is InChI=1S/C11H21NS/c1-3-12-6-4-11(5-7-12)8-10(9-11)13-2/h10H,3-9H2,1-2H3. The number of nitrogens with zero attached hydrogens (tertiary/aromatic N) is 1. The summed E-state index contributed by atoms with van der Waals surface area (Å²) in [7, 11) is 0. The summed E-state index contributed by atoms with van der Waals surface area (Å²) >= 11 is 2.07. The van der Waals surface area contributed by atoms with Gasteiger partial charge in [0.2, 0.25) is 0 Å². The number of likely N-dealkylation sites (tertiary alicyclic amines) is 1. The predicted octanol–water partition coefficient (Wildman–Crippen LogP) is 2.61.